The number of benzene rings is 2. The zero-order chi connectivity index (χ0) is 17.9. The number of Topliss-reactive ketones (excluding diaryl/α,β-unsaturated/α-hetero) is 1. The zero-order valence-corrected chi connectivity index (χ0v) is 17.6. The highest BCUT2D eigenvalue weighted by molar-refractivity contribution is 14.1. The maximum atomic E-state index is 11.6. The van der Waals surface area contributed by atoms with Crippen molar-refractivity contribution in [2.24, 2.45) is 0 Å². The van der Waals surface area contributed by atoms with E-state index in [1.54, 1.807) is 37.4 Å². The van der Waals surface area contributed by atoms with Gasteiger partial charge in [0.1, 0.15) is 5.75 Å². The molecule has 5 nitrogen and oxygen atoms in total. The first kappa shape index (κ1) is 19.0. The average molecular weight is 551 g/mol. The van der Waals surface area contributed by atoms with Gasteiger partial charge in [0.25, 0.3) is 0 Å². The Kier molecular flexibility index (Phi) is 6.44. The highest BCUT2D eigenvalue weighted by Gasteiger charge is 2.15. The van der Waals surface area contributed by atoms with Crippen LogP contribution in [0.5, 0.6) is 17.2 Å². The molecule has 0 aliphatic heterocycles. The van der Waals surface area contributed by atoms with Crippen molar-refractivity contribution in [1.29, 1.82) is 0 Å². The van der Waals surface area contributed by atoms with Crippen LogP contribution in [0, 0.1) is 7.14 Å². The molecule has 2 aromatic carbocycles. The second-order valence-electron chi connectivity index (χ2n) is 4.97. The molecular formula is C17H15I2NO4. The summed E-state index contributed by atoms with van der Waals surface area (Å²) in [5.74, 6) is 1.54. The van der Waals surface area contributed by atoms with Crippen LogP contribution in [0.15, 0.2) is 30.3 Å². The fraction of sp³-hybridized carbons (Fsp3) is 0.176. The van der Waals surface area contributed by atoms with Gasteiger partial charge in [0.05, 0.1) is 19.9 Å². The van der Waals surface area contributed by atoms with Crippen LogP contribution in [0.1, 0.15) is 24.2 Å². The number of ketones is 1. The Morgan fingerprint density at radius 2 is 1.67 bits per heavy atom. The smallest absolute Gasteiger partial charge is 0.221 e. The number of hydrogen-bond donors (Lipinski definition) is 1. The summed E-state index contributed by atoms with van der Waals surface area (Å²) >= 11 is 4.26. The van der Waals surface area contributed by atoms with E-state index in [1.165, 1.54) is 13.8 Å². The molecule has 0 spiro atoms. The quantitative estimate of drug-likeness (QED) is 0.427. The summed E-state index contributed by atoms with van der Waals surface area (Å²) in [7, 11) is 1.56. The molecule has 0 aliphatic rings. The lowest BCUT2D eigenvalue weighted by atomic mass is 10.1. The van der Waals surface area contributed by atoms with Gasteiger partial charge in [0.15, 0.2) is 17.3 Å². The van der Waals surface area contributed by atoms with Gasteiger partial charge in [-0.2, -0.15) is 0 Å². The number of nitrogens with one attached hydrogen (secondary N) is 1. The molecule has 2 rings (SSSR count). The molecule has 0 aromatic heterocycles. The summed E-state index contributed by atoms with van der Waals surface area (Å²) in [5, 5.41) is 2.73. The minimum atomic E-state index is -0.204. The van der Waals surface area contributed by atoms with Gasteiger partial charge in [-0.05, 0) is 76.4 Å². The van der Waals surface area contributed by atoms with E-state index in [9.17, 15) is 9.59 Å². The molecule has 126 valence electrons. The van der Waals surface area contributed by atoms with Crippen LogP contribution in [-0.4, -0.2) is 18.8 Å². The molecule has 0 saturated carbocycles. The first-order chi connectivity index (χ1) is 11.3. The fourth-order valence-corrected chi connectivity index (χ4v) is 3.97. The molecule has 0 atom stereocenters. The lowest BCUT2D eigenvalue weighted by Gasteiger charge is -2.15. The zero-order valence-electron chi connectivity index (χ0n) is 13.3. The van der Waals surface area contributed by atoms with Gasteiger partial charge in [0.2, 0.25) is 5.91 Å². The Hall–Kier alpha value is -1.36. The molecule has 2 aromatic rings. The summed E-state index contributed by atoms with van der Waals surface area (Å²) in [5.41, 5.74) is 1.15. The summed E-state index contributed by atoms with van der Waals surface area (Å²) in [4.78, 5) is 23.0. The van der Waals surface area contributed by atoms with Crippen LogP contribution < -0.4 is 14.8 Å². The van der Waals surface area contributed by atoms with Crippen LogP contribution in [0.2, 0.25) is 0 Å². The lowest BCUT2D eigenvalue weighted by Crippen LogP contribution is -2.07. The summed E-state index contributed by atoms with van der Waals surface area (Å²) in [6.07, 6.45) is 0. The van der Waals surface area contributed by atoms with E-state index in [4.69, 9.17) is 9.47 Å². The Morgan fingerprint density at radius 3 is 2.17 bits per heavy atom. The number of methoxy groups -OCH3 is 1. The molecule has 0 bridgehead atoms. The first-order valence-electron chi connectivity index (χ1n) is 6.95. The van der Waals surface area contributed by atoms with E-state index < -0.39 is 0 Å². The van der Waals surface area contributed by atoms with Crippen molar-refractivity contribution < 1.29 is 19.1 Å². The second kappa shape index (κ2) is 8.15. The number of anilines is 1. The molecule has 24 heavy (non-hydrogen) atoms. The third-order valence-electron chi connectivity index (χ3n) is 3.11. The van der Waals surface area contributed by atoms with Crippen LogP contribution in [0.3, 0.4) is 0 Å². The highest BCUT2D eigenvalue weighted by atomic mass is 127. The monoisotopic (exact) mass is 551 g/mol. The topological polar surface area (TPSA) is 64.6 Å². The number of carbonyl (C=O) groups excluding carboxylic acids is 2. The Labute approximate surface area is 167 Å². The minimum absolute atomic E-state index is 0.000708. The maximum Gasteiger partial charge on any atom is 0.221 e. The fourth-order valence-electron chi connectivity index (χ4n) is 1.98. The molecule has 0 radical (unpaired) electrons. The van der Waals surface area contributed by atoms with Crippen LogP contribution in [0.25, 0.3) is 0 Å². The molecule has 0 unspecified atom stereocenters. The van der Waals surface area contributed by atoms with Gasteiger partial charge < -0.3 is 14.8 Å². The van der Waals surface area contributed by atoms with E-state index in [-0.39, 0.29) is 11.7 Å². The van der Waals surface area contributed by atoms with Crippen LogP contribution in [0.4, 0.5) is 5.69 Å². The molecule has 0 aliphatic carbocycles. The van der Waals surface area contributed by atoms with Crippen molar-refractivity contribution in [1.82, 2.24) is 0 Å². The predicted molar refractivity (Wildman–Crippen MR) is 109 cm³/mol. The van der Waals surface area contributed by atoms with E-state index in [1.807, 2.05) is 0 Å². The SMILES string of the molecule is COc1ccc(Oc2c(I)cc(C(C)=O)cc2I)c(NC(C)=O)c1. The number of rotatable bonds is 5. The Bertz CT molecular complexity index is 782. The third kappa shape index (κ3) is 4.59. The van der Waals surface area contributed by atoms with Gasteiger partial charge in [-0.25, -0.2) is 0 Å². The van der Waals surface area contributed by atoms with Crippen LogP contribution >= 0.6 is 45.2 Å². The number of amides is 1. The maximum absolute atomic E-state index is 11.6. The molecule has 7 heteroatoms. The molecule has 1 N–H and O–H groups in total. The van der Waals surface area contributed by atoms with Gasteiger partial charge in [-0.15, -0.1) is 0 Å². The van der Waals surface area contributed by atoms with Crippen molar-refractivity contribution >= 4 is 62.6 Å². The van der Waals surface area contributed by atoms with Gasteiger partial charge in [0, 0.05) is 18.6 Å². The van der Waals surface area contributed by atoms with E-state index in [0.717, 1.165) is 7.14 Å². The van der Waals surface area contributed by atoms with Crippen LogP contribution in [-0.2, 0) is 4.79 Å². The summed E-state index contributed by atoms with van der Waals surface area (Å²) < 4.78 is 12.8. The van der Waals surface area contributed by atoms with Crippen molar-refractivity contribution in [3.8, 4) is 17.2 Å². The number of ether oxygens (including phenoxy) is 2. The summed E-state index contributed by atoms with van der Waals surface area (Å²) in [6, 6.07) is 8.74. The molecule has 0 fully saturated rings. The Balaban J connectivity index is 2.44. The van der Waals surface area contributed by atoms with E-state index in [2.05, 4.69) is 50.5 Å². The molecule has 0 heterocycles. The minimum Gasteiger partial charge on any atom is -0.497 e. The molecule has 1 amide bonds. The normalized spacial score (nSPS) is 10.2. The van der Waals surface area contributed by atoms with Gasteiger partial charge in [-0.3, -0.25) is 9.59 Å². The second-order valence-corrected chi connectivity index (χ2v) is 7.29. The number of hydrogen-bond acceptors (Lipinski definition) is 4. The van der Waals surface area contributed by atoms with Crippen molar-refractivity contribution in [2.45, 2.75) is 13.8 Å². The highest BCUT2D eigenvalue weighted by Crippen LogP contribution is 2.37. The summed E-state index contributed by atoms with van der Waals surface area (Å²) in [6.45, 7) is 2.96. The largest absolute Gasteiger partial charge is 0.497 e. The Morgan fingerprint density at radius 1 is 1.04 bits per heavy atom. The molecule has 0 saturated heterocycles. The van der Waals surface area contributed by atoms with E-state index >= 15 is 0 Å². The van der Waals surface area contributed by atoms with Gasteiger partial charge >= 0.3 is 0 Å². The van der Waals surface area contributed by atoms with Crippen molar-refractivity contribution in [2.75, 3.05) is 12.4 Å². The lowest BCUT2D eigenvalue weighted by molar-refractivity contribution is -0.114. The van der Waals surface area contributed by atoms with Crippen molar-refractivity contribution in [3.63, 3.8) is 0 Å². The average Bonchev–Trinajstić information content (AvgIpc) is 2.51. The standard InChI is InChI=1S/C17H15I2NO4/c1-9(21)11-6-13(18)17(14(19)7-11)24-16-5-4-12(23-3)8-15(16)20-10(2)22/h4-8H,1-3H3,(H,20,22). The number of carbonyl (C=O) groups is 2. The number of halogens is 2. The molecular weight excluding hydrogens is 536 g/mol. The predicted octanol–water partition coefficient (Wildman–Crippen LogP) is 4.86. The third-order valence-corrected chi connectivity index (χ3v) is 4.72. The van der Waals surface area contributed by atoms with Gasteiger partial charge in [-0.1, -0.05) is 0 Å². The first-order valence-corrected chi connectivity index (χ1v) is 9.11. The van der Waals surface area contributed by atoms with Crippen molar-refractivity contribution in [3.05, 3.63) is 43.0 Å². The van der Waals surface area contributed by atoms with E-state index in [0.29, 0.717) is 28.5 Å².